The lowest BCUT2D eigenvalue weighted by molar-refractivity contribution is -0.390. The van der Waals surface area contributed by atoms with Crippen molar-refractivity contribution in [1.82, 2.24) is 0 Å². The van der Waals surface area contributed by atoms with Gasteiger partial charge in [0.1, 0.15) is 67.1 Å². The number of ether oxygens (including phenoxy) is 6. The summed E-state index contributed by atoms with van der Waals surface area (Å²) >= 11 is 0. The molecule has 67 heavy (non-hydrogen) atoms. The van der Waals surface area contributed by atoms with E-state index in [1.54, 1.807) is 0 Å². The maximum atomic E-state index is 13.1. The summed E-state index contributed by atoms with van der Waals surface area (Å²) in [6.07, 6.45) is -18.0. The Kier molecular flexibility index (Phi) is 13.8. The summed E-state index contributed by atoms with van der Waals surface area (Å²) in [5.74, 6) is -1.91. The molecule has 3 heterocycles. The normalized spacial score (nSPS) is 52.7. The molecule has 3 aliphatic heterocycles. The fourth-order valence-corrected chi connectivity index (χ4v) is 15.1. The molecule has 3 saturated heterocycles. The van der Waals surface area contributed by atoms with E-state index in [-0.39, 0.29) is 39.4 Å². The van der Waals surface area contributed by atoms with Crippen molar-refractivity contribution in [2.45, 2.75) is 211 Å². The van der Waals surface area contributed by atoms with Crippen molar-refractivity contribution in [1.29, 1.82) is 0 Å². The van der Waals surface area contributed by atoms with Gasteiger partial charge in [0.15, 0.2) is 25.0 Å². The highest BCUT2D eigenvalue weighted by molar-refractivity contribution is 5.76. The summed E-state index contributed by atoms with van der Waals surface area (Å²) in [4.78, 5) is 25.8. The van der Waals surface area contributed by atoms with E-state index in [1.165, 1.54) is 5.57 Å². The maximum absolute atomic E-state index is 13.1. The average Bonchev–Trinajstić information content (AvgIpc) is 3.26. The number of fused-ring (bicyclic) bond motifs is 7. The molecular formula is C48H76O19. The molecule has 0 bridgehead atoms. The van der Waals surface area contributed by atoms with Crippen molar-refractivity contribution in [2.75, 3.05) is 13.2 Å². The Hall–Kier alpha value is -1.92. The molecule has 8 rings (SSSR count). The van der Waals surface area contributed by atoms with Crippen LogP contribution >= 0.6 is 0 Å². The lowest BCUT2D eigenvalue weighted by Crippen LogP contribution is -2.68. The molecule has 4 saturated carbocycles. The van der Waals surface area contributed by atoms with Crippen LogP contribution in [0.2, 0.25) is 0 Å². The standard InChI is InChI=1S/C48H76O19/c1-43(2)14-16-48(42(60)61)17-15-46(6)21(22(48)18-43)8-9-26-45(5)12-11-27(44(3,4)25(45)10-13-47(26,46)7)64-40-34(57)35(33(56)36(66-40)38(58)59)65-41-37(31(54)29(52)24(20-50)63-41)67-39-32(55)30(53)28(51)23(19-49)62-39/h8,22-37,39-41,49-57H,9-20H2,1-7H3,(H,58,59)(H,60,61)/t22-,23+,24+,25-,26+,27-,28-,29+,30-,31-,32+,33-,34+,35-,36-,37+,39-,40+,41-,45-,46+,47+,48-/m0/s1. The van der Waals surface area contributed by atoms with E-state index in [0.29, 0.717) is 19.3 Å². The Balaban J connectivity index is 1.03. The van der Waals surface area contributed by atoms with Crippen molar-refractivity contribution < 1.29 is 94.2 Å². The minimum Gasteiger partial charge on any atom is -0.481 e. The molecule has 19 nitrogen and oxygen atoms in total. The minimum atomic E-state index is -2.08. The lowest BCUT2D eigenvalue weighted by atomic mass is 9.33. The van der Waals surface area contributed by atoms with Gasteiger partial charge >= 0.3 is 11.9 Å². The third kappa shape index (κ3) is 8.06. The first-order valence-corrected chi connectivity index (χ1v) is 24.3. The second kappa shape index (κ2) is 18.0. The van der Waals surface area contributed by atoms with Crippen LogP contribution in [-0.4, -0.2) is 180 Å². The van der Waals surface area contributed by atoms with E-state index in [1.807, 2.05) is 0 Å². The van der Waals surface area contributed by atoms with Gasteiger partial charge in [-0.2, -0.15) is 0 Å². The minimum absolute atomic E-state index is 0.0161. The average molecular weight is 957 g/mol. The van der Waals surface area contributed by atoms with Gasteiger partial charge in [-0.1, -0.05) is 60.1 Å². The van der Waals surface area contributed by atoms with Gasteiger partial charge in [0, 0.05) is 0 Å². The molecule has 0 aromatic rings. The topological polar surface area (TPSA) is 312 Å². The van der Waals surface area contributed by atoms with Gasteiger partial charge in [0.2, 0.25) is 0 Å². The van der Waals surface area contributed by atoms with Crippen molar-refractivity contribution in [3.8, 4) is 0 Å². The van der Waals surface area contributed by atoms with Crippen LogP contribution in [-0.2, 0) is 38.0 Å². The number of hydrogen-bond acceptors (Lipinski definition) is 17. The van der Waals surface area contributed by atoms with Gasteiger partial charge in [-0.3, -0.25) is 4.79 Å². The Morgan fingerprint density at radius 1 is 0.627 bits per heavy atom. The van der Waals surface area contributed by atoms with E-state index < -0.39 is 134 Å². The number of aliphatic carboxylic acids is 2. The van der Waals surface area contributed by atoms with E-state index in [2.05, 4.69) is 54.5 Å². The molecule has 0 unspecified atom stereocenters. The molecule has 0 radical (unpaired) electrons. The highest BCUT2D eigenvalue weighted by atomic mass is 16.8. The number of carbonyl (C=O) groups is 2. The monoisotopic (exact) mass is 956 g/mol. The van der Waals surface area contributed by atoms with Crippen LogP contribution in [0.3, 0.4) is 0 Å². The van der Waals surface area contributed by atoms with Gasteiger partial charge in [0.05, 0.1) is 24.7 Å². The highest BCUT2D eigenvalue weighted by Crippen LogP contribution is 2.76. The summed E-state index contributed by atoms with van der Waals surface area (Å²) in [6.45, 7) is 14.3. The Bertz CT molecular complexity index is 1880. The first kappa shape index (κ1) is 51.4. The predicted octanol–water partition coefficient (Wildman–Crippen LogP) is 0.799. The van der Waals surface area contributed by atoms with Gasteiger partial charge in [0.25, 0.3) is 0 Å². The Morgan fingerprint density at radius 3 is 1.85 bits per heavy atom. The molecule has 23 atom stereocenters. The second-order valence-electron chi connectivity index (χ2n) is 23.5. The molecule has 382 valence electrons. The molecule has 11 N–H and O–H groups in total. The van der Waals surface area contributed by atoms with E-state index >= 15 is 0 Å². The number of aliphatic hydroxyl groups excluding tert-OH is 9. The highest BCUT2D eigenvalue weighted by Gasteiger charge is 2.70. The maximum Gasteiger partial charge on any atom is 0.335 e. The second-order valence-corrected chi connectivity index (χ2v) is 23.5. The predicted molar refractivity (Wildman–Crippen MR) is 231 cm³/mol. The van der Waals surface area contributed by atoms with E-state index in [9.17, 15) is 65.8 Å². The SMILES string of the molecule is CC1(C)CC[C@]2(C(=O)O)CC[C@]3(C)C(=CC[C@@H]4[C@@]5(C)CC[C@H](O[C@@H]6O[C@H](C(=O)O)[C@@H](O)[C@H](O[C@@H]7O[C@H](CO)[C@@H](O)[C@H](O)[C@H]7O[C@@H]7O[C@H](CO)[C@H](O)[C@H](O)[C@H]7O)[C@H]6O)C(C)(C)[C@@H]5CC[C@]43C)[C@@H]2C1. The molecule has 5 aliphatic carbocycles. The molecule has 7 fully saturated rings. The van der Waals surface area contributed by atoms with Crippen molar-refractivity contribution >= 4 is 11.9 Å². The third-order valence-corrected chi connectivity index (χ3v) is 19.3. The summed E-state index contributed by atoms with van der Waals surface area (Å²) < 4.78 is 35.5. The molecular weight excluding hydrogens is 881 g/mol. The van der Waals surface area contributed by atoms with Crippen LogP contribution in [0.5, 0.6) is 0 Å². The van der Waals surface area contributed by atoms with Gasteiger partial charge in [-0.05, 0) is 109 Å². The number of allylic oxidation sites excluding steroid dienone is 2. The summed E-state index contributed by atoms with van der Waals surface area (Å²) in [6, 6.07) is 0. The number of rotatable bonds is 10. The van der Waals surface area contributed by atoms with Gasteiger partial charge in [-0.25, -0.2) is 4.79 Å². The quantitative estimate of drug-likeness (QED) is 0.107. The smallest absolute Gasteiger partial charge is 0.335 e. The summed E-state index contributed by atoms with van der Waals surface area (Å²) in [5.41, 5.74) is -0.389. The van der Waals surface area contributed by atoms with Gasteiger partial charge < -0.3 is 84.6 Å². The lowest BCUT2D eigenvalue weighted by Gasteiger charge is -2.71. The third-order valence-electron chi connectivity index (χ3n) is 19.3. The largest absolute Gasteiger partial charge is 0.481 e. The number of carboxylic acid groups (broad SMARTS) is 2. The molecule has 0 spiro atoms. The fraction of sp³-hybridized carbons (Fsp3) is 0.917. The summed E-state index contributed by atoms with van der Waals surface area (Å²) in [7, 11) is 0. The zero-order valence-electron chi connectivity index (χ0n) is 39.7. The van der Waals surface area contributed by atoms with Crippen LogP contribution < -0.4 is 0 Å². The van der Waals surface area contributed by atoms with Crippen LogP contribution in [0.4, 0.5) is 0 Å². The molecule has 19 heteroatoms. The van der Waals surface area contributed by atoms with Crippen LogP contribution in [0.25, 0.3) is 0 Å². The van der Waals surface area contributed by atoms with Crippen LogP contribution in [0, 0.1) is 50.2 Å². The van der Waals surface area contributed by atoms with Gasteiger partial charge in [-0.15, -0.1) is 0 Å². The number of hydrogen-bond donors (Lipinski definition) is 11. The molecule has 0 amide bonds. The Morgan fingerprint density at radius 2 is 1.22 bits per heavy atom. The van der Waals surface area contributed by atoms with Crippen molar-refractivity contribution in [3.63, 3.8) is 0 Å². The van der Waals surface area contributed by atoms with E-state index in [4.69, 9.17) is 28.4 Å². The Labute approximate surface area is 391 Å². The zero-order chi connectivity index (χ0) is 49.1. The summed E-state index contributed by atoms with van der Waals surface area (Å²) in [5, 5.41) is 118. The van der Waals surface area contributed by atoms with Crippen molar-refractivity contribution in [3.05, 3.63) is 11.6 Å². The number of carboxylic acids is 2. The zero-order valence-corrected chi connectivity index (χ0v) is 39.7. The molecule has 8 aliphatic rings. The molecule has 0 aromatic carbocycles. The molecule has 0 aromatic heterocycles. The fourth-order valence-electron chi connectivity index (χ4n) is 15.1. The first-order valence-electron chi connectivity index (χ1n) is 24.3. The first-order chi connectivity index (χ1) is 31.2. The van der Waals surface area contributed by atoms with Crippen molar-refractivity contribution in [2.24, 2.45) is 50.2 Å². The number of aliphatic hydroxyl groups is 9. The van der Waals surface area contributed by atoms with Crippen LogP contribution in [0.1, 0.15) is 113 Å². The van der Waals surface area contributed by atoms with Crippen LogP contribution in [0.15, 0.2) is 11.6 Å². The van der Waals surface area contributed by atoms with E-state index in [0.717, 1.165) is 44.9 Å².